The van der Waals surface area contributed by atoms with Gasteiger partial charge in [0.25, 0.3) is 0 Å². The fourth-order valence-corrected chi connectivity index (χ4v) is 1.86. The molecule has 0 amide bonds. The van der Waals surface area contributed by atoms with Crippen LogP contribution in [0.2, 0.25) is 0 Å². The van der Waals surface area contributed by atoms with E-state index < -0.39 is 0 Å². The summed E-state index contributed by atoms with van der Waals surface area (Å²) in [5, 5.41) is 6.52. The SMILES string of the molecule is CC(C)CNc1ccnc(NCC2CCCO2)n1. The molecular formula is C13H22N4O. The van der Waals surface area contributed by atoms with Crippen molar-refractivity contribution in [3.8, 4) is 0 Å². The summed E-state index contributed by atoms with van der Waals surface area (Å²) in [7, 11) is 0. The van der Waals surface area contributed by atoms with Gasteiger partial charge in [-0.25, -0.2) is 4.98 Å². The highest BCUT2D eigenvalue weighted by atomic mass is 16.5. The number of rotatable bonds is 6. The largest absolute Gasteiger partial charge is 0.376 e. The van der Waals surface area contributed by atoms with Crippen LogP contribution in [0.4, 0.5) is 11.8 Å². The zero-order valence-electron chi connectivity index (χ0n) is 11.1. The van der Waals surface area contributed by atoms with Crippen LogP contribution in [0, 0.1) is 5.92 Å². The van der Waals surface area contributed by atoms with Gasteiger partial charge in [-0.1, -0.05) is 13.8 Å². The fourth-order valence-electron chi connectivity index (χ4n) is 1.86. The molecule has 1 aromatic heterocycles. The first kappa shape index (κ1) is 13.1. The van der Waals surface area contributed by atoms with E-state index >= 15 is 0 Å². The number of anilines is 2. The highest BCUT2D eigenvalue weighted by Gasteiger charge is 2.15. The highest BCUT2D eigenvalue weighted by molar-refractivity contribution is 5.39. The second-order valence-electron chi connectivity index (χ2n) is 5.06. The molecule has 0 radical (unpaired) electrons. The third-order valence-electron chi connectivity index (χ3n) is 2.86. The molecular weight excluding hydrogens is 228 g/mol. The molecule has 1 atom stereocenters. The Labute approximate surface area is 108 Å². The Morgan fingerprint density at radius 3 is 3.06 bits per heavy atom. The van der Waals surface area contributed by atoms with Gasteiger partial charge >= 0.3 is 0 Å². The van der Waals surface area contributed by atoms with Gasteiger partial charge < -0.3 is 15.4 Å². The van der Waals surface area contributed by atoms with Crippen molar-refractivity contribution in [2.75, 3.05) is 30.3 Å². The maximum atomic E-state index is 5.55. The number of nitrogens with zero attached hydrogens (tertiary/aromatic N) is 2. The van der Waals surface area contributed by atoms with E-state index in [-0.39, 0.29) is 0 Å². The van der Waals surface area contributed by atoms with E-state index in [4.69, 9.17) is 4.74 Å². The highest BCUT2D eigenvalue weighted by Crippen LogP contribution is 2.13. The second-order valence-corrected chi connectivity index (χ2v) is 5.06. The van der Waals surface area contributed by atoms with Crippen molar-refractivity contribution < 1.29 is 4.74 Å². The summed E-state index contributed by atoms with van der Waals surface area (Å²) < 4.78 is 5.55. The molecule has 2 N–H and O–H groups in total. The molecule has 1 aliphatic rings. The van der Waals surface area contributed by atoms with Gasteiger partial charge in [-0.3, -0.25) is 0 Å². The maximum Gasteiger partial charge on any atom is 0.224 e. The second kappa shape index (κ2) is 6.54. The van der Waals surface area contributed by atoms with E-state index in [1.807, 2.05) is 6.07 Å². The van der Waals surface area contributed by atoms with Gasteiger partial charge in [0, 0.05) is 25.9 Å². The van der Waals surface area contributed by atoms with Gasteiger partial charge in [0.1, 0.15) is 5.82 Å². The van der Waals surface area contributed by atoms with Crippen molar-refractivity contribution in [1.29, 1.82) is 0 Å². The topological polar surface area (TPSA) is 59.1 Å². The van der Waals surface area contributed by atoms with Crippen LogP contribution in [0.1, 0.15) is 26.7 Å². The van der Waals surface area contributed by atoms with Crippen LogP contribution in [0.25, 0.3) is 0 Å². The maximum absolute atomic E-state index is 5.55. The average Bonchev–Trinajstić information content (AvgIpc) is 2.87. The van der Waals surface area contributed by atoms with E-state index in [0.717, 1.165) is 38.4 Å². The normalized spacial score (nSPS) is 19.2. The number of aromatic nitrogens is 2. The van der Waals surface area contributed by atoms with Crippen LogP contribution >= 0.6 is 0 Å². The van der Waals surface area contributed by atoms with E-state index in [2.05, 4.69) is 34.4 Å². The smallest absolute Gasteiger partial charge is 0.224 e. The lowest BCUT2D eigenvalue weighted by Gasteiger charge is -2.12. The Balaban J connectivity index is 1.82. The molecule has 1 aliphatic heterocycles. The summed E-state index contributed by atoms with van der Waals surface area (Å²) in [6.07, 6.45) is 4.36. The van der Waals surface area contributed by atoms with E-state index in [1.54, 1.807) is 6.20 Å². The lowest BCUT2D eigenvalue weighted by molar-refractivity contribution is 0.120. The Hall–Kier alpha value is -1.36. The van der Waals surface area contributed by atoms with Gasteiger partial charge in [-0.15, -0.1) is 0 Å². The summed E-state index contributed by atoms with van der Waals surface area (Å²) in [5.74, 6) is 2.14. The summed E-state index contributed by atoms with van der Waals surface area (Å²) in [4.78, 5) is 8.63. The van der Waals surface area contributed by atoms with Crippen molar-refractivity contribution in [1.82, 2.24) is 9.97 Å². The zero-order valence-corrected chi connectivity index (χ0v) is 11.1. The molecule has 1 aromatic rings. The molecule has 0 spiro atoms. The van der Waals surface area contributed by atoms with E-state index in [1.165, 1.54) is 0 Å². The summed E-state index contributed by atoms with van der Waals surface area (Å²) in [6.45, 7) is 6.93. The molecule has 2 rings (SSSR count). The van der Waals surface area contributed by atoms with E-state index in [9.17, 15) is 0 Å². The third kappa shape index (κ3) is 4.14. The predicted molar refractivity (Wildman–Crippen MR) is 72.8 cm³/mol. The standard InChI is InChI=1S/C13H22N4O/c1-10(2)8-15-12-5-6-14-13(17-12)16-9-11-4-3-7-18-11/h5-6,10-11H,3-4,7-9H2,1-2H3,(H2,14,15,16,17). The van der Waals surface area contributed by atoms with Gasteiger partial charge in [0.05, 0.1) is 6.10 Å². The van der Waals surface area contributed by atoms with Crippen molar-refractivity contribution in [3.05, 3.63) is 12.3 Å². The predicted octanol–water partition coefficient (Wildman–Crippen LogP) is 2.14. The minimum Gasteiger partial charge on any atom is -0.376 e. The van der Waals surface area contributed by atoms with Crippen LogP contribution in [-0.4, -0.2) is 35.8 Å². The molecule has 0 saturated carbocycles. The first-order chi connectivity index (χ1) is 8.74. The Morgan fingerprint density at radius 2 is 2.33 bits per heavy atom. The quantitative estimate of drug-likeness (QED) is 0.810. The van der Waals surface area contributed by atoms with E-state index in [0.29, 0.717) is 18.0 Å². The summed E-state index contributed by atoms with van der Waals surface area (Å²) in [6, 6.07) is 1.89. The lowest BCUT2D eigenvalue weighted by Crippen LogP contribution is -2.20. The van der Waals surface area contributed by atoms with Crippen LogP contribution in [0.15, 0.2) is 12.3 Å². The van der Waals surface area contributed by atoms with Crippen molar-refractivity contribution in [2.24, 2.45) is 5.92 Å². The van der Waals surface area contributed by atoms with Crippen LogP contribution in [0.3, 0.4) is 0 Å². The minimum atomic E-state index is 0.306. The lowest BCUT2D eigenvalue weighted by atomic mass is 10.2. The first-order valence-corrected chi connectivity index (χ1v) is 6.66. The molecule has 18 heavy (non-hydrogen) atoms. The molecule has 5 heteroatoms. The van der Waals surface area contributed by atoms with Crippen LogP contribution in [-0.2, 0) is 4.74 Å². The zero-order chi connectivity index (χ0) is 12.8. The number of ether oxygens (including phenoxy) is 1. The first-order valence-electron chi connectivity index (χ1n) is 6.66. The van der Waals surface area contributed by atoms with Crippen molar-refractivity contribution in [2.45, 2.75) is 32.8 Å². The van der Waals surface area contributed by atoms with Gasteiger partial charge in [-0.2, -0.15) is 4.98 Å². The Bertz CT molecular complexity index is 364. The fraction of sp³-hybridized carbons (Fsp3) is 0.692. The number of hydrogen-bond acceptors (Lipinski definition) is 5. The number of nitrogens with one attached hydrogen (secondary N) is 2. The Kier molecular flexibility index (Phi) is 4.75. The molecule has 1 fully saturated rings. The summed E-state index contributed by atoms with van der Waals surface area (Å²) in [5.41, 5.74) is 0. The molecule has 0 bridgehead atoms. The molecule has 0 aliphatic carbocycles. The van der Waals surface area contributed by atoms with Gasteiger partial charge in [-0.05, 0) is 24.8 Å². The van der Waals surface area contributed by atoms with Crippen molar-refractivity contribution in [3.63, 3.8) is 0 Å². The number of hydrogen-bond donors (Lipinski definition) is 2. The minimum absolute atomic E-state index is 0.306. The van der Waals surface area contributed by atoms with Gasteiger partial charge in [0.2, 0.25) is 5.95 Å². The molecule has 2 heterocycles. The average molecular weight is 250 g/mol. The molecule has 5 nitrogen and oxygen atoms in total. The third-order valence-corrected chi connectivity index (χ3v) is 2.86. The Morgan fingerprint density at radius 1 is 1.44 bits per heavy atom. The van der Waals surface area contributed by atoms with Gasteiger partial charge in [0.15, 0.2) is 0 Å². The van der Waals surface area contributed by atoms with Crippen LogP contribution in [0.5, 0.6) is 0 Å². The molecule has 100 valence electrons. The summed E-state index contributed by atoms with van der Waals surface area (Å²) >= 11 is 0. The molecule has 0 aromatic carbocycles. The van der Waals surface area contributed by atoms with Crippen LogP contribution < -0.4 is 10.6 Å². The van der Waals surface area contributed by atoms with Crippen molar-refractivity contribution >= 4 is 11.8 Å². The molecule has 1 saturated heterocycles. The monoisotopic (exact) mass is 250 g/mol. The molecule has 1 unspecified atom stereocenters.